The van der Waals surface area contributed by atoms with E-state index >= 15 is 0 Å². The number of rotatable bonds is 4. The van der Waals surface area contributed by atoms with Crippen molar-refractivity contribution in [3.8, 4) is 0 Å². The Hall–Kier alpha value is -2.64. The molecule has 122 valence electrons. The van der Waals surface area contributed by atoms with Gasteiger partial charge in [0.2, 0.25) is 5.76 Å². The van der Waals surface area contributed by atoms with Crippen molar-refractivity contribution in [2.45, 2.75) is 18.9 Å². The molecule has 0 bridgehead atoms. The number of piperidine rings is 1. The largest absolute Gasteiger partial charge is 0.367 e. The minimum Gasteiger partial charge on any atom is -0.367 e. The molecule has 2 aromatic heterocycles. The number of carbonyl (C=O) groups is 1. The zero-order valence-corrected chi connectivity index (χ0v) is 13.3. The van der Waals surface area contributed by atoms with Crippen LogP contribution in [0.4, 0.5) is 11.6 Å². The lowest BCUT2D eigenvalue weighted by Gasteiger charge is -2.32. The number of hydrogen-bond donors (Lipinski definition) is 1. The minimum absolute atomic E-state index is 0.0992. The van der Waals surface area contributed by atoms with Crippen LogP contribution in [0.3, 0.4) is 0 Å². The summed E-state index contributed by atoms with van der Waals surface area (Å²) in [5.74, 6) is 1.87. The van der Waals surface area contributed by atoms with Gasteiger partial charge in [-0.15, -0.1) is 0 Å². The lowest BCUT2D eigenvalue weighted by atomic mass is 10.0. The van der Waals surface area contributed by atoms with E-state index in [1.807, 2.05) is 25.1 Å². The highest BCUT2D eigenvalue weighted by atomic mass is 16.5. The molecule has 1 amide bonds. The topological polar surface area (TPSA) is 87.4 Å². The lowest BCUT2D eigenvalue weighted by Crippen LogP contribution is -2.42. The van der Waals surface area contributed by atoms with Gasteiger partial charge in [0, 0.05) is 45.4 Å². The Labute approximate surface area is 134 Å². The standard InChI is InChI=1S/C15H20N6O2/c1-20(2)14-9-13(16-10-17-14)19-11-4-7-21(8-5-11)15(22)12-3-6-18-23-12/h3,6,9-11H,4-5,7-8H2,1-2H3,(H,16,17,19). The van der Waals surface area contributed by atoms with Crippen LogP contribution >= 0.6 is 0 Å². The van der Waals surface area contributed by atoms with E-state index in [2.05, 4.69) is 20.4 Å². The summed E-state index contributed by atoms with van der Waals surface area (Å²) in [5, 5.41) is 7.00. The zero-order chi connectivity index (χ0) is 16.2. The van der Waals surface area contributed by atoms with Crippen molar-refractivity contribution in [2.24, 2.45) is 0 Å². The molecular weight excluding hydrogens is 296 g/mol. The van der Waals surface area contributed by atoms with E-state index in [9.17, 15) is 4.79 Å². The van der Waals surface area contributed by atoms with E-state index < -0.39 is 0 Å². The molecule has 1 saturated heterocycles. The van der Waals surface area contributed by atoms with Gasteiger partial charge in [0.1, 0.15) is 18.0 Å². The van der Waals surface area contributed by atoms with Gasteiger partial charge in [0.05, 0.1) is 6.20 Å². The Balaban J connectivity index is 1.55. The van der Waals surface area contributed by atoms with E-state index in [0.717, 1.165) is 24.5 Å². The maximum absolute atomic E-state index is 12.2. The number of aromatic nitrogens is 3. The highest BCUT2D eigenvalue weighted by Crippen LogP contribution is 2.18. The summed E-state index contributed by atoms with van der Waals surface area (Å²) in [6, 6.07) is 3.81. The number of likely N-dealkylation sites (tertiary alicyclic amines) is 1. The maximum atomic E-state index is 12.2. The first kappa shape index (κ1) is 15.3. The van der Waals surface area contributed by atoms with E-state index in [4.69, 9.17) is 4.52 Å². The van der Waals surface area contributed by atoms with Crippen LogP contribution in [0.15, 0.2) is 29.2 Å². The third kappa shape index (κ3) is 3.58. The van der Waals surface area contributed by atoms with Gasteiger partial charge in [-0.3, -0.25) is 4.79 Å². The Bertz CT molecular complexity index is 650. The first-order valence-electron chi connectivity index (χ1n) is 7.59. The molecule has 23 heavy (non-hydrogen) atoms. The number of anilines is 2. The van der Waals surface area contributed by atoms with Gasteiger partial charge >= 0.3 is 0 Å². The molecular formula is C15H20N6O2. The summed E-state index contributed by atoms with van der Waals surface area (Å²) in [6.07, 6.45) is 4.77. The molecule has 1 fully saturated rings. The van der Waals surface area contributed by atoms with Crippen molar-refractivity contribution in [1.82, 2.24) is 20.0 Å². The van der Waals surface area contributed by atoms with Crippen molar-refractivity contribution in [3.05, 3.63) is 30.4 Å². The fourth-order valence-corrected chi connectivity index (χ4v) is 2.59. The summed E-state index contributed by atoms with van der Waals surface area (Å²) in [6.45, 7) is 1.37. The third-order valence-corrected chi connectivity index (χ3v) is 3.89. The van der Waals surface area contributed by atoms with Gasteiger partial charge in [0.15, 0.2) is 0 Å². The van der Waals surface area contributed by atoms with Crippen LogP contribution in [-0.4, -0.2) is 59.2 Å². The molecule has 0 spiro atoms. The van der Waals surface area contributed by atoms with Crippen molar-refractivity contribution in [2.75, 3.05) is 37.4 Å². The van der Waals surface area contributed by atoms with E-state index in [1.54, 1.807) is 17.3 Å². The molecule has 0 radical (unpaired) electrons. The number of carbonyl (C=O) groups excluding carboxylic acids is 1. The van der Waals surface area contributed by atoms with Crippen molar-refractivity contribution >= 4 is 17.5 Å². The van der Waals surface area contributed by atoms with Crippen LogP contribution in [0.2, 0.25) is 0 Å². The van der Waals surface area contributed by atoms with Gasteiger partial charge < -0.3 is 19.6 Å². The summed E-state index contributed by atoms with van der Waals surface area (Å²) < 4.78 is 4.93. The molecule has 8 nitrogen and oxygen atoms in total. The lowest BCUT2D eigenvalue weighted by molar-refractivity contribution is 0.0676. The predicted molar refractivity (Wildman–Crippen MR) is 85.4 cm³/mol. The van der Waals surface area contributed by atoms with E-state index in [-0.39, 0.29) is 5.91 Å². The smallest absolute Gasteiger partial charge is 0.292 e. The van der Waals surface area contributed by atoms with Crippen molar-refractivity contribution in [3.63, 3.8) is 0 Å². The Morgan fingerprint density at radius 3 is 2.78 bits per heavy atom. The molecule has 1 N–H and O–H groups in total. The van der Waals surface area contributed by atoms with Crippen molar-refractivity contribution in [1.29, 1.82) is 0 Å². The van der Waals surface area contributed by atoms with Gasteiger partial charge in [-0.05, 0) is 12.8 Å². The molecule has 0 unspecified atom stereocenters. The molecule has 2 aromatic rings. The third-order valence-electron chi connectivity index (χ3n) is 3.89. The average molecular weight is 316 g/mol. The van der Waals surface area contributed by atoms with Gasteiger partial charge in [-0.25, -0.2) is 9.97 Å². The monoisotopic (exact) mass is 316 g/mol. The Morgan fingerprint density at radius 2 is 2.13 bits per heavy atom. The van der Waals surface area contributed by atoms with Crippen LogP contribution in [0.25, 0.3) is 0 Å². The molecule has 0 aliphatic carbocycles. The first-order valence-corrected chi connectivity index (χ1v) is 7.59. The molecule has 3 rings (SSSR count). The molecule has 0 saturated carbocycles. The zero-order valence-electron chi connectivity index (χ0n) is 13.3. The average Bonchev–Trinajstić information content (AvgIpc) is 3.09. The molecule has 8 heteroatoms. The highest BCUT2D eigenvalue weighted by Gasteiger charge is 2.25. The second kappa shape index (κ2) is 6.64. The SMILES string of the molecule is CN(C)c1cc(NC2CCN(C(=O)c3ccno3)CC2)ncn1. The number of amides is 1. The van der Waals surface area contributed by atoms with Gasteiger partial charge in [-0.2, -0.15) is 0 Å². The second-order valence-electron chi connectivity index (χ2n) is 5.74. The Kier molecular flexibility index (Phi) is 4.40. The number of nitrogens with one attached hydrogen (secondary N) is 1. The molecule has 0 aromatic carbocycles. The second-order valence-corrected chi connectivity index (χ2v) is 5.74. The number of hydrogen-bond acceptors (Lipinski definition) is 7. The van der Waals surface area contributed by atoms with E-state index in [1.165, 1.54) is 6.20 Å². The number of nitrogens with zero attached hydrogens (tertiary/aromatic N) is 5. The quantitative estimate of drug-likeness (QED) is 0.908. The summed E-state index contributed by atoms with van der Waals surface area (Å²) in [4.78, 5) is 24.4. The van der Waals surface area contributed by atoms with Gasteiger partial charge in [-0.1, -0.05) is 5.16 Å². The first-order chi connectivity index (χ1) is 11.1. The fraction of sp³-hybridized carbons (Fsp3) is 0.467. The Morgan fingerprint density at radius 1 is 1.35 bits per heavy atom. The highest BCUT2D eigenvalue weighted by molar-refractivity contribution is 5.91. The fourth-order valence-electron chi connectivity index (χ4n) is 2.59. The van der Waals surface area contributed by atoms with Crippen LogP contribution in [0.5, 0.6) is 0 Å². The van der Waals surface area contributed by atoms with Crippen LogP contribution in [0.1, 0.15) is 23.4 Å². The van der Waals surface area contributed by atoms with Crippen LogP contribution in [0, 0.1) is 0 Å². The maximum Gasteiger partial charge on any atom is 0.292 e. The predicted octanol–water partition coefficient (Wildman–Crippen LogP) is 1.25. The summed E-state index contributed by atoms with van der Waals surface area (Å²) >= 11 is 0. The molecule has 1 aliphatic heterocycles. The van der Waals surface area contributed by atoms with Crippen LogP contribution < -0.4 is 10.2 Å². The molecule has 0 atom stereocenters. The normalized spacial score (nSPS) is 15.5. The van der Waals surface area contributed by atoms with Gasteiger partial charge in [0.25, 0.3) is 5.91 Å². The van der Waals surface area contributed by atoms with Crippen molar-refractivity contribution < 1.29 is 9.32 Å². The summed E-state index contributed by atoms with van der Waals surface area (Å²) in [5.41, 5.74) is 0. The molecule has 3 heterocycles. The molecule has 1 aliphatic rings. The minimum atomic E-state index is -0.0992. The van der Waals surface area contributed by atoms with Crippen LogP contribution in [-0.2, 0) is 0 Å². The van der Waals surface area contributed by atoms with E-state index in [0.29, 0.717) is 24.9 Å². The summed E-state index contributed by atoms with van der Waals surface area (Å²) in [7, 11) is 3.89.